The first kappa shape index (κ1) is 36.3. The van der Waals surface area contributed by atoms with Gasteiger partial charge in [-0.25, -0.2) is 9.46 Å². The lowest BCUT2D eigenvalue weighted by molar-refractivity contribution is 0.000483. The van der Waals surface area contributed by atoms with Crippen LogP contribution >= 0.6 is 14.9 Å². The molecule has 2 heterocycles. The molecule has 45 heavy (non-hydrogen) atoms. The van der Waals surface area contributed by atoms with E-state index in [1.165, 1.54) is 49.0 Å². The molecule has 0 bridgehead atoms. The van der Waals surface area contributed by atoms with Crippen LogP contribution in [0, 0.1) is 17.2 Å². The van der Waals surface area contributed by atoms with E-state index in [2.05, 4.69) is 12.6 Å². The number of nitrogens with zero attached hydrogens (tertiary/aromatic N) is 4. The van der Waals surface area contributed by atoms with Gasteiger partial charge in [0, 0.05) is 68.1 Å². The van der Waals surface area contributed by atoms with Gasteiger partial charge in [-0.1, -0.05) is 52.0 Å². The molecular formula is C31H42N4O8P2. The Kier molecular flexibility index (Phi) is 12.4. The molecule has 1 aliphatic rings. The summed E-state index contributed by atoms with van der Waals surface area (Å²) in [5.74, 6) is -0.160. The van der Waals surface area contributed by atoms with Gasteiger partial charge in [-0.15, -0.1) is 6.58 Å². The van der Waals surface area contributed by atoms with Gasteiger partial charge in [0.15, 0.2) is 7.29 Å². The Labute approximate surface area is 263 Å². The van der Waals surface area contributed by atoms with E-state index < -0.39 is 56.3 Å². The Bertz CT molecular complexity index is 1620. The van der Waals surface area contributed by atoms with Gasteiger partial charge < -0.3 is 18.3 Å². The van der Waals surface area contributed by atoms with Crippen LogP contribution in [0.1, 0.15) is 57.1 Å². The van der Waals surface area contributed by atoms with Crippen LogP contribution in [-0.2, 0) is 22.9 Å². The number of aromatic nitrogens is 2. The largest absolute Gasteiger partial charge is 0.353 e. The van der Waals surface area contributed by atoms with Gasteiger partial charge in [-0.05, 0) is 24.6 Å². The van der Waals surface area contributed by atoms with E-state index in [0.717, 1.165) is 6.07 Å². The minimum absolute atomic E-state index is 0.0624. The second-order valence-corrected chi connectivity index (χ2v) is 17.2. The van der Waals surface area contributed by atoms with E-state index in [1.807, 2.05) is 32.4 Å². The van der Waals surface area contributed by atoms with E-state index in [1.54, 1.807) is 24.3 Å². The lowest BCUT2D eigenvalue weighted by Gasteiger charge is -2.43. The van der Waals surface area contributed by atoms with Crippen LogP contribution in [0.3, 0.4) is 0 Å². The van der Waals surface area contributed by atoms with Crippen molar-refractivity contribution in [3.8, 4) is 6.07 Å². The highest BCUT2D eigenvalue weighted by Gasteiger charge is 2.52. The van der Waals surface area contributed by atoms with Crippen molar-refractivity contribution < 1.29 is 27.7 Å². The van der Waals surface area contributed by atoms with Crippen LogP contribution in [0.25, 0.3) is 0 Å². The molecule has 4 atom stereocenters. The van der Waals surface area contributed by atoms with Gasteiger partial charge in [-0.3, -0.25) is 18.7 Å². The summed E-state index contributed by atoms with van der Waals surface area (Å²) in [6, 6.07) is 10.5. The van der Waals surface area contributed by atoms with Gasteiger partial charge in [-0.2, -0.15) is 9.83 Å². The fourth-order valence-corrected chi connectivity index (χ4v) is 10.1. The molecule has 244 valence electrons. The minimum Gasteiger partial charge on any atom is -0.349 e. The van der Waals surface area contributed by atoms with Crippen molar-refractivity contribution in [3.63, 3.8) is 0 Å². The summed E-state index contributed by atoms with van der Waals surface area (Å²) < 4.78 is 48.2. The molecule has 1 saturated heterocycles. The molecule has 0 amide bonds. The fourth-order valence-electron chi connectivity index (χ4n) is 5.86. The van der Waals surface area contributed by atoms with Crippen molar-refractivity contribution in [2.45, 2.75) is 70.2 Å². The number of ether oxygens (including phenoxy) is 1. The number of benzene rings is 1. The molecule has 0 unspecified atom stereocenters. The highest BCUT2D eigenvalue weighted by molar-refractivity contribution is 7.62. The third-order valence-corrected chi connectivity index (χ3v) is 13.8. The highest BCUT2D eigenvalue weighted by atomic mass is 31.2. The third-order valence-electron chi connectivity index (χ3n) is 8.03. The average molecular weight is 661 g/mol. The van der Waals surface area contributed by atoms with Crippen molar-refractivity contribution in [1.29, 1.82) is 5.26 Å². The quantitative estimate of drug-likeness (QED) is 0.189. The van der Waals surface area contributed by atoms with Gasteiger partial charge in [0.05, 0.1) is 18.2 Å². The number of carbonyl (C=O) groups excluding carboxylic acids is 1. The molecule has 0 N–H and O–H groups in total. The zero-order chi connectivity index (χ0) is 33.5. The van der Waals surface area contributed by atoms with Gasteiger partial charge in [0.2, 0.25) is 0 Å². The SMILES string of the molecule is C=CC[C@@H]1[C@H](N(CCC#N)P(=O)(C(C)C)C(C)C)[C@@H](/C=C/P(=O)(OC)OC)O[C@H]1n1ccc(=O)n(C(=O)c2ccccc2)c1=O. The van der Waals surface area contributed by atoms with Crippen molar-refractivity contribution in [2.75, 3.05) is 20.8 Å². The number of nitriles is 1. The van der Waals surface area contributed by atoms with Crippen molar-refractivity contribution in [2.24, 2.45) is 5.92 Å². The van der Waals surface area contributed by atoms with Crippen LogP contribution < -0.4 is 11.2 Å². The van der Waals surface area contributed by atoms with E-state index in [-0.39, 0.29) is 36.3 Å². The second kappa shape index (κ2) is 15.4. The maximum absolute atomic E-state index is 14.9. The molecule has 12 nitrogen and oxygen atoms in total. The van der Waals surface area contributed by atoms with Crippen molar-refractivity contribution in [3.05, 3.63) is 93.5 Å². The molecule has 0 aliphatic carbocycles. The smallest absolute Gasteiger partial charge is 0.349 e. The average Bonchev–Trinajstić information content (AvgIpc) is 3.37. The third kappa shape index (κ3) is 7.47. The van der Waals surface area contributed by atoms with E-state index in [4.69, 9.17) is 13.8 Å². The summed E-state index contributed by atoms with van der Waals surface area (Å²) in [6.45, 7) is 11.5. The molecule has 0 saturated carbocycles. The normalized spacial score (nSPS) is 20.7. The number of allylic oxidation sites excluding steroid dienone is 1. The predicted molar refractivity (Wildman–Crippen MR) is 173 cm³/mol. The van der Waals surface area contributed by atoms with Crippen LogP contribution in [0.2, 0.25) is 0 Å². The first-order chi connectivity index (χ1) is 21.3. The summed E-state index contributed by atoms with van der Waals surface area (Å²) in [5.41, 5.74) is -2.19. The Morgan fingerprint density at radius 2 is 1.73 bits per heavy atom. The molecule has 14 heteroatoms. The lowest BCUT2D eigenvalue weighted by Crippen LogP contribution is -2.47. The van der Waals surface area contributed by atoms with E-state index >= 15 is 0 Å². The molecule has 1 aliphatic heterocycles. The van der Waals surface area contributed by atoms with Gasteiger partial charge >= 0.3 is 13.3 Å². The van der Waals surface area contributed by atoms with Gasteiger partial charge in [0.25, 0.3) is 11.5 Å². The fraction of sp³-hybridized carbons (Fsp3) is 0.484. The maximum atomic E-state index is 14.9. The first-order valence-electron chi connectivity index (χ1n) is 14.7. The Morgan fingerprint density at radius 3 is 2.27 bits per heavy atom. The molecule has 2 aromatic rings. The zero-order valence-corrected chi connectivity index (χ0v) is 28.3. The number of rotatable bonds is 14. The number of carbonyl (C=O) groups is 1. The number of hydrogen-bond donors (Lipinski definition) is 0. The topological polar surface area (TPSA) is 150 Å². The molecular weight excluding hydrogens is 618 g/mol. The van der Waals surface area contributed by atoms with Crippen molar-refractivity contribution in [1.82, 2.24) is 13.8 Å². The Morgan fingerprint density at radius 1 is 1.11 bits per heavy atom. The molecule has 0 spiro atoms. The lowest BCUT2D eigenvalue weighted by atomic mass is 9.93. The molecule has 1 aromatic heterocycles. The van der Waals surface area contributed by atoms with E-state index in [0.29, 0.717) is 4.57 Å². The zero-order valence-electron chi connectivity index (χ0n) is 26.5. The summed E-state index contributed by atoms with van der Waals surface area (Å²) in [4.78, 5) is 40.1. The molecule has 1 aromatic carbocycles. The summed E-state index contributed by atoms with van der Waals surface area (Å²) in [7, 11) is -4.42. The summed E-state index contributed by atoms with van der Waals surface area (Å²) in [5, 5.41) is 9.57. The van der Waals surface area contributed by atoms with E-state index in [9.17, 15) is 28.8 Å². The first-order valence-corrected chi connectivity index (χ1v) is 18.1. The monoisotopic (exact) mass is 660 g/mol. The summed E-state index contributed by atoms with van der Waals surface area (Å²) in [6.07, 6.45) is 2.73. The maximum Gasteiger partial charge on any atom is 0.353 e. The summed E-state index contributed by atoms with van der Waals surface area (Å²) >= 11 is 0. The van der Waals surface area contributed by atoms with Crippen LogP contribution in [-0.4, -0.2) is 63.9 Å². The minimum atomic E-state index is -3.67. The van der Waals surface area contributed by atoms with Crippen LogP contribution in [0.4, 0.5) is 0 Å². The van der Waals surface area contributed by atoms with Crippen LogP contribution in [0.5, 0.6) is 0 Å². The molecule has 3 rings (SSSR count). The highest BCUT2D eigenvalue weighted by Crippen LogP contribution is 2.62. The predicted octanol–water partition coefficient (Wildman–Crippen LogP) is 5.47. The standard InChI is InChI=1S/C31H42N4O8P2/c1-8-13-25-28(34(19-12-18-32)45(40,22(2)3)23(4)5)26(17-21-44(39,41-6)42-7)43-30(25)33-20-16-27(36)35(31(33)38)29(37)24-14-10-9-11-15-24/h8-11,14-17,20-23,25-26,28,30H,1,12-13,19H2,2-7H3/b21-17+/t25-,26-,28+,30-/m1/s1. The Hall–Kier alpha value is -3.16. The molecule has 1 fully saturated rings. The van der Waals surface area contributed by atoms with Crippen molar-refractivity contribution >= 4 is 20.8 Å². The Balaban J connectivity index is 2.30. The van der Waals surface area contributed by atoms with Crippen LogP contribution in [0.15, 0.2) is 76.7 Å². The van der Waals surface area contributed by atoms with Gasteiger partial charge in [0.1, 0.15) is 6.23 Å². The second-order valence-electron chi connectivity index (χ2n) is 11.2. The number of hydrogen-bond acceptors (Lipinski definition) is 9. The molecule has 0 radical (unpaired) electrons.